The van der Waals surface area contributed by atoms with Crippen molar-refractivity contribution in [1.29, 1.82) is 0 Å². The third-order valence-electron chi connectivity index (χ3n) is 5.78. The van der Waals surface area contributed by atoms with Crippen molar-refractivity contribution in [3.63, 3.8) is 0 Å². The van der Waals surface area contributed by atoms with Crippen LogP contribution in [0, 0.1) is 5.92 Å². The molecule has 1 unspecified atom stereocenters. The summed E-state index contributed by atoms with van der Waals surface area (Å²) in [4.78, 5) is 32.6. The first-order valence-electron chi connectivity index (χ1n) is 11.3. The minimum Gasteiger partial charge on any atom is -0.493 e. The normalized spacial score (nSPS) is 15.1. The van der Waals surface area contributed by atoms with E-state index in [1.807, 2.05) is 24.3 Å². The van der Waals surface area contributed by atoms with Crippen LogP contribution < -0.4 is 20.3 Å². The molecular weight excluding hydrogens is 470 g/mol. The molecule has 0 aliphatic heterocycles. The van der Waals surface area contributed by atoms with Crippen molar-refractivity contribution in [2.45, 2.75) is 37.9 Å². The number of methoxy groups -OCH3 is 1. The van der Waals surface area contributed by atoms with Crippen LogP contribution in [0.1, 0.15) is 23.8 Å². The summed E-state index contributed by atoms with van der Waals surface area (Å²) in [7, 11) is 1.59. The second-order valence-corrected chi connectivity index (χ2v) is 10.3. The third-order valence-corrected chi connectivity index (χ3v) is 7.90. The molecule has 0 radical (unpaired) electrons. The van der Waals surface area contributed by atoms with Gasteiger partial charge >= 0.3 is 0 Å². The number of nitrogens with one attached hydrogen (secondary N) is 1. The number of carbonyl (C=O) groups excluding carboxylic acids is 1. The van der Waals surface area contributed by atoms with Gasteiger partial charge in [0, 0.05) is 11.4 Å². The predicted octanol–water partition coefficient (Wildman–Crippen LogP) is 4.06. The first-order chi connectivity index (χ1) is 16.5. The number of hydrogen-bond donors (Lipinski definition) is 1. The number of aryl methyl sites for hydroxylation is 1. The zero-order chi connectivity index (χ0) is 24.1. The minimum absolute atomic E-state index is 0.0370. The lowest BCUT2D eigenvalue weighted by Gasteiger charge is -2.17. The second-order valence-electron chi connectivity index (χ2n) is 8.27. The number of aromatic nitrogens is 2. The highest BCUT2D eigenvalue weighted by atomic mass is 32.2. The highest BCUT2D eigenvalue weighted by Gasteiger charge is 2.24. The van der Waals surface area contributed by atoms with Crippen LogP contribution in [0.4, 0.5) is 0 Å². The third kappa shape index (κ3) is 5.31. The molecule has 1 N–H and O–H groups in total. The molecule has 1 atom stereocenters. The average Bonchev–Trinajstić information content (AvgIpc) is 3.20. The van der Waals surface area contributed by atoms with Crippen molar-refractivity contribution in [3.05, 3.63) is 57.7 Å². The van der Waals surface area contributed by atoms with E-state index in [-0.39, 0.29) is 17.2 Å². The Morgan fingerprint density at radius 3 is 2.94 bits per heavy atom. The van der Waals surface area contributed by atoms with Crippen LogP contribution >= 0.6 is 23.1 Å². The number of thioether (sulfide) groups is 1. The van der Waals surface area contributed by atoms with Gasteiger partial charge in [0.25, 0.3) is 5.56 Å². The molecule has 1 amide bonds. The molecule has 0 saturated heterocycles. The SMILES string of the molecule is C=CCn1c(SCC(=O)NCCOc2ccccc2OC)nc2sc3c(c2c1=O)CCC(C)C3. The molecule has 2 aromatic heterocycles. The van der Waals surface area contributed by atoms with Gasteiger partial charge in [-0.2, -0.15) is 0 Å². The van der Waals surface area contributed by atoms with E-state index in [2.05, 4.69) is 18.8 Å². The number of thiophene rings is 1. The number of rotatable bonds is 10. The zero-order valence-corrected chi connectivity index (χ0v) is 21.1. The molecule has 0 spiro atoms. The molecule has 34 heavy (non-hydrogen) atoms. The first-order valence-corrected chi connectivity index (χ1v) is 13.1. The number of benzene rings is 1. The van der Waals surface area contributed by atoms with E-state index in [9.17, 15) is 9.59 Å². The van der Waals surface area contributed by atoms with E-state index in [1.165, 1.54) is 16.6 Å². The molecule has 7 nitrogen and oxygen atoms in total. The Bertz CT molecular complexity index is 1250. The standard InChI is InChI=1S/C25H29N3O4S2/c1-4-12-28-24(30)22-17-10-9-16(2)14-20(17)34-23(22)27-25(28)33-15-21(29)26-11-13-32-19-8-6-5-7-18(19)31-3/h4-8,16H,1,9-15H2,2-3H3,(H,26,29). The topological polar surface area (TPSA) is 82.5 Å². The van der Waals surface area contributed by atoms with E-state index in [1.54, 1.807) is 29.1 Å². The van der Waals surface area contributed by atoms with Crippen molar-refractivity contribution in [3.8, 4) is 11.5 Å². The van der Waals surface area contributed by atoms with Crippen molar-refractivity contribution in [2.24, 2.45) is 5.92 Å². The van der Waals surface area contributed by atoms with E-state index >= 15 is 0 Å². The van der Waals surface area contributed by atoms with Gasteiger partial charge in [0.2, 0.25) is 5.91 Å². The van der Waals surface area contributed by atoms with Gasteiger partial charge in [0.1, 0.15) is 11.4 Å². The highest BCUT2D eigenvalue weighted by molar-refractivity contribution is 7.99. The Kier molecular flexibility index (Phi) is 7.95. The fourth-order valence-electron chi connectivity index (χ4n) is 4.08. The van der Waals surface area contributed by atoms with Gasteiger partial charge in [0.05, 0.1) is 24.8 Å². The summed E-state index contributed by atoms with van der Waals surface area (Å²) < 4.78 is 12.6. The molecule has 4 rings (SSSR count). The lowest BCUT2D eigenvalue weighted by Crippen LogP contribution is -2.30. The van der Waals surface area contributed by atoms with Crippen LogP contribution in [0.5, 0.6) is 11.5 Å². The Morgan fingerprint density at radius 1 is 1.38 bits per heavy atom. The van der Waals surface area contributed by atoms with E-state index in [0.29, 0.717) is 42.3 Å². The van der Waals surface area contributed by atoms with E-state index in [4.69, 9.17) is 14.5 Å². The van der Waals surface area contributed by atoms with Crippen LogP contribution in [-0.2, 0) is 24.2 Å². The lowest BCUT2D eigenvalue weighted by atomic mass is 9.89. The van der Waals surface area contributed by atoms with Gasteiger partial charge in [-0.15, -0.1) is 17.9 Å². The Balaban J connectivity index is 1.40. The molecule has 2 heterocycles. The molecule has 180 valence electrons. The van der Waals surface area contributed by atoms with Gasteiger partial charge in [0.15, 0.2) is 16.7 Å². The van der Waals surface area contributed by atoms with Crippen LogP contribution in [0.25, 0.3) is 10.2 Å². The molecule has 0 saturated carbocycles. The van der Waals surface area contributed by atoms with E-state index in [0.717, 1.165) is 35.0 Å². The number of fused-ring (bicyclic) bond motifs is 3. The molecule has 0 bridgehead atoms. The Labute approximate surface area is 207 Å². The summed E-state index contributed by atoms with van der Waals surface area (Å²) >= 11 is 2.89. The van der Waals surface area contributed by atoms with Crippen molar-refractivity contribution >= 4 is 39.2 Å². The number of para-hydroxylation sites is 2. The quantitative estimate of drug-likeness (QED) is 0.196. The highest BCUT2D eigenvalue weighted by Crippen LogP contribution is 2.36. The maximum absolute atomic E-state index is 13.3. The van der Waals surface area contributed by atoms with E-state index < -0.39 is 0 Å². The fourth-order valence-corrected chi connectivity index (χ4v) is 6.34. The summed E-state index contributed by atoms with van der Waals surface area (Å²) in [6, 6.07) is 7.38. The summed E-state index contributed by atoms with van der Waals surface area (Å²) in [6.07, 6.45) is 4.71. The Hall–Kier alpha value is -2.78. The van der Waals surface area contributed by atoms with Gasteiger partial charge in [-0.1, -0.05) is 36.9 Å². The molecule has 3 aromatic rings. The average molecular weight is 500 g/mol. The number of hydrogen-bond acceptors (Lipinski definition) is 7. The van der Waals surface area contributed by atoms with Crippen molar-refractivity contribution < 1.29 is 14.3 Å². The predicted molar refractivity (Wildman–Crippen MR) is 137 cm³/mol. The number of carbonyl (C=O) groups is 1. The maximum Gasteiger partial charge on any atom is 0.263 e. The van der Waals surface area contributed by atoms with Crippen LogP contribution in [0.3, 0.4) is 0 Å². The second kappa shape index (κ2) is 11.1. The molecular formula is C25H29N3O4S2. The van der Waals surface area contributed by atoms with Crippen LogP contribution in [0.15, 0.2) is 46.9 Å². The van der Waals surface area contributed by atoms with Gasteiger partial charge in [-0.3, -0.25) is 14.2 Å². The lowest BCUT2D eigenvalue weighted by molar-refractivity contribution is -0.118. The molecule has 0 fully saturated rings. The summed E-state index contributed by atoms with van der Waals surface area (Å²) in [5.74, 6) is 1.92. The fraction of sp³-hybridized carbons (Fsp3) is 0.400. The van der Waals surface area contributed by atoms with Crippen LogP contribution in [0.2, 0.25) is 0 Å². The number of nitrogens with zero attached hydrogens (tertiary/aromatic N) is 2. The first kappa shape index (κ1) is 24.3. The molecule has 1 aliphatic rings. The van der Waals surface area contributed by atoms with Gasteiger partial charge in [-0.05, 0) is 42.9 Å². The summed E-state index contributed by atoms with van der Waals surface area (Å²) in [6.45, 7) is 7.08. The largest absolute Gasteiger partial charge is 0.493 e. The minimum atomic E-state index is -0.146. The molecule has 1 aromatic carbocycles. The number of amides is 1. The molecule has 9 heteroatoms. The van der Waals surface area contributed by atoms with Crippen LogP contribution in [-0.4, -0.2) is 41.5 Å². The van der Waals surface area contributed by atoms with Crippen molar-refractivity contribution in [1.82, 2.24) is 14.9 Å². The smallest absolute Gasteiger partial charge is 0.263 e. The summed E-state index contributed by atoms with van der Waals surface area (Å²) in [5.41, 5.74) is 1.13. The zero-order valence-electron chi connectivity index (χ0n) is 19.5. The van der Waals surface area contributed by atoms with Gasteiger partial charge in [-0.25, -0.2) is 4.98 Å². The number of ether oxygens (including phenoxy) is 2. The molecule has 1 aliphatic carbocycles. The Morgan fingerprint density at radius 2 is 2.18 bits per heavy atom. The summed E-state index contributed by atoms with van der Waals surface area (Å²) in [5, 5.41) is 4.14. The number of allylic oxidation sites excluding steroid dienone is 1. The monoisotopic (exact) mass is 499 g/mol. The maximum atomic E-state index is 13.3. The van der Waals surface area contributed by atoms with Crippen molar-refractivity contribution in [2.75, 3.05) is 26.0 Å². The van der Waals surface area contributed by atoms with Gasteiger partial charge < -0.3 is 14.8 Å².